The number of hydrogen-bond donors (Lipinski definition) is 1. The summed E-state index contributed by atoms with van der Waals surface area (Å²) >= 11 is 0. The lowest BCUT2D eigenvalue weighted by Crippen LogP contribution is -2.21. The number of fused-ring (bicyclic) bond motifs is 3. The maximum Gasteiger partial charge on any atom is 0.205 e. The Morgan fingerprint density at radius 3 is 2.42 bits per heavy atom. The van der Waals surface area contributed by atoms with Crippen LogP contribution in [0.15, 0.2) is 72.1 Å². The van der Waals surface area contributed by atoms with Gasteiger partial charge in [0, 0.05) is 10.9 Å². The summed E-state index contributed by atoms with van der Waals surface area (Å²) < 4.78 is 5.90. The van der Waals surface area contributed by atoms with Crippen LogP contribution in [-0.4, -0.2) is 0 Å². The van der Waals surface area contributed by atoms with E-state index in [2.05, 4.69) is 50.2 Å². The molecule has 0 aliphatic carbocycles. The van der Waals surface area contributed by atoms with Crippen LogP contribution in [0.2, 0.25) is 0 Å². The molecule has 0 spiro atoms. The fraction of sp³-hybridized carbons (Fsp3) is 0.174. The van der Waals surface area contributed by atoms with E-state index in [1.165, 1.54) is 5.56 Å². The molecule has 0 fully saturated rings. The Labute approximate surface area is 153 Å². The summed E-state index contributed by atoms with van der Waals surface area (Å²) in [4.78, 5) is 0. The van der Waals surface area contributed by atoms with Crippen molar-refractivity contribution in [3.05, 3.63) is 88.8 Å². The van der Waals surface area contributed by atoms with Crippen molar-refractivity contribution in [1.29, 1.82) is 5.26 Å². The van der Waals surface area contributed by atoms with Crippen molar-refractivity contribution in [3.63, 3.8) is 0 Å². The molecule has 1 aliphatic rings. The van der Waals surface area contributed by atoms with Crippen molar-refractivity contribution in [1.82, 2.24) is 0 Å². The molecule has 0 saturated heterocycles. The number of allylic oxidation sites excluding steroid dienone is 1. The Morgan fingerprint density at radius 1 is 1.00 bits per heavy atom. The van der Waals surface area contributed by atoms with Gasteiger partial charge in [-0.2, -0.15) is 5.26 Å². The van der Waals surface area contributed by atoms with E-state index in [1.54, 1.807) is 0 Å². The Morgan fingerprint density at radius 2 is 1.73 bits per heavy atom. The maximum absolute atomic E-state index is 9.71. The van der Waals surface area contributed by atoms with Crippen molar-refractivity contribution in [2.45, 2.75) is 25.7 Å². The molecule has 1 aliphatic heterocycles. The Kier molecular flexibility index (Phi) is 3.89. The van der Waals surface area contributed by atoms with E-state index in [9.17, 15) is 5.26 Å². The lowest BCUT2D eigenvalue weighted by atomic mass is 9.82. The second-order valence-electron chi connectivity index (χ2n) is 6.95. The van der Waals surface area contributed by atoms with E-state index in [0.29, 0.717) is 11.5 Å². The van der Waals surface area contributed by atoms with Crippen LogP contribution >= 0.6 is 0 Å². The molecule has 2 N–H and O–H groups in total. The molecular formula is C23H20N2O. The number of rotatable bonds is 2. The van der Waals surface area contributed by atoms with Crippen molar-refractivity contribution < 1.29 is 4.74 Å². The predicted octanol–water partition coefficient (Wildman–Crippen LogP) is 5.18. The second-order valence-corrected chi connectivity index (χ2v) is 6.95. The molecular weight excluding hydrogens is 320 g/mol. The summed E-state index contributed by atoms with van der Waals surface area (Å²) in [7, 11) is 0. The zero-order chi connectivity index (χ0) is 18.3. The number of hydrogen-bond acceptors (Lipinski definition) is 3. The Bertz CT molecular complexity index is 1060. The van der Waals surface area contributed by atoms with Gasteiger partial charge in [0.15, 0.2) is 0 Å². The van der Waals surface area contributed by atoms with Gasteiger partial charge in [0.25, 0.3) is 0 Å². The number of benzene rings is 3. The fourth-order valence-corrected chi connectivity index (χ4v) is 3.60. The number of nitrogens with two attached hydrogens (primary N) is 1. The molecule has 0 saturated carbocycles. The fourth-order valence-electron chi connectivity index (χ4n) is 3.60. The quantitative estimate of drug-likeness (QED) is 0.699. The van der Waals surface area contributed by atoms with Gasteiger partial charge in [0.2, 0.25) is 5.88 Å². The highest BCUT2D eigenvalue weighted by molar-refractivity contribution is 5.90. The van der Waals surface area contributed by atoms with Crippen LogP contribution in [0.3, 0.4) is 0 Å². The van der Waals surface area contributed by atoms with E-state index >= 15 is 0 Å². The van der Waals surface area contributed by atoms with E-state index in [1.807, 2.05) is 30.3 Å². The minimum Gasteiger partial charge on any atom is -0.440 e. The first kappa shape index (κ1) is 16.2. The van der Waals surface area contributed by atoms with Gasteiger partial charge < -0.3 is 10.5 Å². The summed E-state index contributed by atoms with van der Waals surface area (Å²) in [5.74, 6) is 1.19. The summed E-state index contributed by atoms with van der Waals surface area (Å²) in [5, 5.41) is 11.8. The summed E-state index contributed by atoms with van der Waals surface area (Å²) in [6.45, 7) is 4.34. The molecule has 3 heteroatoms. The van der Waals surface area contributed by atoms with Gasteiger partial charge in [-0.1, -0.05) is 74.5 Å². The first-order chi connectivity index (χ1) is 12.6. The molecule has 1 atom stereocenters. The number of ether oxygens (including phenoxy) is 1. The van der Waals surface area contributed by atoms with Crippen molar-refractivity contribution in [2.24, 2.45) is 5.73 Å². The lowest BCUT2D eigenvalue weighted by molar-refractivity contribution is 0.398. The first-order valence-corrected chi connectivity index (χ1v) is 8.79. The molecule has 1 heterocycles. The summed E-state index contributed by atoms with van der Waals surface area (Å²) in [5.41, 5.74) is 9.90. The highest BCUT2D eigenvalue weighted by atomic mass is 16.5. The molecule has 0 amide bonds. The van der Waals surface area contributed by atoms with Crippen LogP contribution in [-0.2, 0) is 0 Å². The van der Waals surface area contributed by atoms with E-state index in [4.69, 9.17) is 10.5 Å². The van der Waals surface area contributed by atoms with Crippen LogP contribution in [0, 0.1) is 11.3 Å². The van der Waals surface area contributed by atoms with Gasteiger partial charge in [0.1, 0.15) is 17.4 Å². The number of nitrogens with zero attached hydrogens (tertiary/aromatic N) is 1. The smallest absolute Gasteiger partial charge is 0.205 e. The van der Waals surface area contributed by atoms with Gasteiger partial charge in [0.05, 0.1) is 5.92 Å². The Hall–Kier alpha value is -3.25. The van der Waals surface area contributed by atoms with Crippen molar-refractivity contribution in [3.8, 4) is 11.8 Å². The highest BCUT2D eigenvalue weighted by Crippen LogP contribution is 2.45. The monoisotopic (exact) mass is 340 g/mol. The summed E-state index contributed by atoms with van der Waals surface area (Å²) in [6, 6.07) is 22.9. The SMILES string of the molecule is CC(C)c1ccc(C2C(C#N)=C(N)Oc3c2ccc2ccccc32)cc1. The zero-order valence-corrected chi connectivity index (χ0v) is 14.9. The largest absolute Gasteiger partial charge is 0.440 e. The second kappa shape index (κ2) is 6.24. The third-order valence-corrected chi connectivity index (χ3v) is 5.04. The molecule has 3 nitrogen and oxygen atoms in total. The minimum absolute atomic E-state index is 0.189. The molecule has 0 bridgehead atoms. The standard InChI is InChI=1S/C23H20N2O/c1-14(2)15-7-9-17(10-8-15)21-19-12-11-16-5-3-4-6-18(16)22(19)26-23(25)20(21)13-24/h3-12,14,21H,25H2,1-2H3. The van der Waals surface area contributed by atoms with Crippen molar-refractivity contribution in [2.75, 3.05) is 0 Å². The normalized spacial score (nSPS) is 16.3. The van der Waals surface area contributed by atoms with Gasteiger partial charge in [-0.25, -0.2) is 0 Å². The predicted molar refractivity (Wildman–Crippen MR) is 104 cm³/mol. The first-order valence-electron chi connectivity index (χ1n) is 8.79. The van der Waals surface area contributed by atoms with Gasteiger partial charge in [-0.3, -0.25) is 0 Å². The zero-order valence-electron chi connectivity index (χ0n) is 14.9. The molecule has 3 aromatic rings. The molecule has 0 aromatic heterocycles. The average Bonchev–Trinajstić information content (AvgIpc) is 2.67. The van der Waals surface area contributed by atoms with E-state index in [0.717, 1.165) is 27.6 Å². The van der Waals surface area contributed by atoms with Crippen LogP contribution in [0.25, 0.3) is 10.8 Å². The Balaban J connectivity index is 1.93. The molecule has 3 aromatic carbocycles. The van der Waals surface area contributed by atoms with Crippen LogP contribution in [0.4, 0.5) is 0 Å². The highest BCUT2D eigenvalue weighted by Gasteiger charge is 2.31. The molecule has 0 radical (unpaired) electrons. The minimum atomic E-state index is -0.213. The average molecular weight is 340 g/mol. The third kappa shape index (κ3) is 2.51. The van der Waals surface area contributed by atoms with Crippen LogP contribution in [0.1, 0.15) is 42.4 Å². The van der Waals surface area contributed by atoms with Gasteiger partial charge >= 0.3 is 0 Å². The van der Waals surface area contributed by atoms with Crippen LogP contribution in [0.5, 0.6) is 5.75 Å². The maximum atomic E-state index is 9.71. The topological polar surface area (TPSA) is 59.0 Å². The molecule has 26 heavy (non-hydrogen) atoms. The van der Waals surface area contributed by atoms with Gasteiger partial charge in [-0.05, 0) is 22.4 Å². The molecule has 4 rings (SSSR count). The molecule has 128 valence electrons. The van der Waals surface area contributed by atoms with Crippen LogP contribution < -0.4 is 10.5 Å². The third-order valence-electron chi connectivity index (χ3n) is 5.04. The lowest BCUT2D eigenvalue weighted by Gasteiger charge is -2.27. The number of nitriles is 1. The summed E-state index contributed by atoms with van der Waals surface area (Å²) in [6.07, 6.45) is 0. The van der Waals surface area contributed by atoms with E-state index < -0.39 is 0 Å². The van der Waals surface area contributed by atoms with Crippen molar-refractivity contribution >= 4 is 10.8 Å². The molecule has 1 unspecified atom stereocenters. The van der Waals surface area contributed by atoms with E-state index in [-0.39, 0.29) is 11.8 Å². The van der Waals surface area contributed by atoms with Gasteiger partial charge in [-0.15, -0.1) is 0 Å².